The quantitative estimate of drug-likeness (QED) is 0.198. The molecular weight excluding hydrogens is 442 g/mol. The second kappa shape index (κ2) is 9.16. The molecule has 6 aromatic rings. The number of fused-ring (bicyclic) bond motifs is 1. The smallest absolute Gasteiger partial charge is 0.150 e. The van der Waals surface area contributed by atoms with Gasteiger partial charge in [0.05, 0.1) is 18.6 Å². The summed E-state index contributed by atoms with van der Waals surface area (Å²) in [4.78, 5) is 16.3. The molecule has 4 nitrogen and oxygen atoms in total. The minimum Gasteiger partial charge on any atom is -0.341 e. The topological polar surface area (TPSA) is 39.8 Å². The van der Waals surface area contributed by atoms with Gasteiger partial charge in [-0.3, -0.25) is 4.79 Å². The van der Waals surface area contributed by atoms with Crippen molar-refractivity contribution in [3.05, 3.63) is 162 Å². The Bertz CT molecular complexity index is 1520. The van der Waals surface area contributed by atoms with E-state index in [1.807, 2.05) is 55.0 Å². The third kappa shape index (κ3) is 3.55. The molecule has 0 aliphatic carbocycles. The molecule has 0 radical (unpaired) electrons. The Morgan fingerprint density at radius 2 is 1.28 bits per heavy atom. The number of carbonyl (C=O) groups is 1. The normalized spacial score (nSPS) is 11.6. The summed E-state index contributed by atoms with van der Waals surface area (Å²) in [5.74, 6) is 0. The van der Waals surface area contributed by atoms with Crippen LogP contribution in [0.2, 0.25) is 0 Å². The SMILES string of the molecule is O=Cc1cccc2c1ccn2Cc1cn(C(c2ccccc2)(c2ccccc2)c2ccccc2)cn1. The Morgan fingerprint density at radius 1 is 0.694 bits per heavy atom. The molecule has 0 saturated heterocycles. The molecule has 0 N–H and O–H groups in total. The molecule has 2 heterocycles. The molecule has 2 aromatic heterocycles. The zero-order chi connectivity index (χ0) is 24.4. The Labute approximate surface area is 210 Å². The molecule has 0 atom stereocenters. The molecule has 6 rings (SSSR count). The average molecular weight is 468 g/mol. The Kier molecular flexibility index (Phi) is 5.55. The number of rotatable bonds is 7. The fourth-order valence-corrected chi connectivity index (χ4v) is 5.28. The minimum atomic E-state index is -0.585. The lowest BCUT2D eigenvalue weighted by atomic mass is 9.77. The second-order valence-electron chi connectivity index (χ2n) is 8.92. The van der Waals surface area contributed by atoms with Crippen molar-refractivity contribution in [2.75, 3.05) is 0 Å². The van der Waals surface area contributed by atoms with E-state index in [-0.39, 0.29) is 0 Å². The summed E-state index contributed by atoms with van der Waals surface area (Å²) in [5, 5.41) is 0.958. The van der Waals surface area contributed by atoms with Crippen molar-refractivity contribution in [3.63, 3.8) is 0 Å². The van der Waals surface area contributed by atoms with Crippen LogP contribution in [-0.2, 0) is 12.1 Å². The van der Waals surface area contributed by atoms with E-state index in [1.54, 1.807) is 0 Å². The third-order valence-electron chi connectivity index (χ3n) is 6.90. The van der Waals surface area contributed by atoms with Crippen LogP contribution in [0.25, 0.3) is 10.9 Å². The zero-order valence-electron chi connectivity index (χ0n) is 19.7. The maximum absolute atomic E-state index is 11.5. The van der Waals surface area contributed by atoms with E-state index < -0.39 is 5.54 Å². The van der Waals surface area contributed by atoms with Gasteiger partial charge < -0.3 is 9.13 Å². The van der Waals surface area contributed by atoms with E-state index in [0.717, 1.165) is 39.6 Å². The minimum absolute atomic E-state index is 0.585. The highest BCUT2D eigenvalue weighted by molar-refractivity contribution is 5.97. The van der Waals surface area contributed by atoms with Gasteiger partial charge in [0.15, 0.2) is 6.29 Å². The molecular formula is C32H25N3O. The number of aromatic nitrogens is 3. The van der Waals surface area contributed by atoms with Gasteiger partial charge in [-0.1, -0.05) is 103 Å². The first-order valence-corrected chi connectivity index (χ1v) is 12.0. The van der Waals surface area contributed by atoms with E-state index in [9.17, 15) is 4.79 Å². The predicted molar refractivity (Wildman–Crippen MR) is 143 cm³/mol. The number of hydrogen-bond donors (Lipinski definition) is 0. The molecule has 0 aliphatic heterocycles. The van der Waals surface area contributed by atoms with Gasteiger partial charge in [-0.05, 0) is 28.8 Å². The van der Waals surface area contributed by atoms with E-state index >= 15 is 0 Å². The number of hydrogen-bond acceptors (Lipinski definition) is 2. The number of nitrogens with zero attached hydrogens (tertiary/aromatic N) is 3. The molecule has 0 spiro atoms. The molecule has 174 valence electrons. The van der Waals surface area contributed by atoms with Crippen molar-refractivity contribution in [2.45, 2.75) is 12.1 Å². The maximum Gasteiger partial charge on any atom is 0.150 e. The van der Waals surface area contributed by atoms with Gasteiger partial charge in [-0.2, -0.15) is 0 Å². The van der Waals surface area contributed by atoms with E-state index in [0.29, 0.717) is 12.1 Å². The first-order chi connectivity index (χ1) is 17.8. The molecule has 0 amide bonds. The van der Waals surface area contributed by atoms with Crippen molar-refractivity contribution in [1.82, 2.24) is 14.1 Å². The lowest BCUT2D eigenvalue weighted by Gasteiger charge is -2.37. The number of carbonyl (C=O) groups excluding carboxylic acids is 1. The van der Waals surface area contributed by atoms with Crippen LogP contribution >= 0.6 is 0 Å². The first-order valence-electron chi connectivity index (χ1n) is 12.0. The molecule has 4 aromatic carbocycles. The van der Waals surface area contributed by atoms with Gasteiger partial charge in [-0.15, -0.1) is 0 Å². The highest BCUT2D eigenvalue weighted by Crippen LogP contribution is 2.40. The van der Waals surface area contributed by atoms with Crippen molar-refractivity contribution < 1.29 is 4.79 Å². The van der Waals surface area contributed by atoms with E-state index in [1.165, 1.54) is 0 Å². The van der Waals surface area contributed by atoms with Crippen LogP contribution in [0.5, 0.6) is 0 Å². The largest absolute Gasteiger partial charge is 0.341 e. The average Bonchev–Trinajstić information content (AvgIpc) is 3.59. The summed E-state index contributed by atoms with van der Waals surface area (Å²) in [6, 6.07) is 39.6. The summed E-state index contributed by atoms with van der Waals surface area (Å²) in [5.41, 5.74) is 5.56. The molecule has 0 bridgehead atoms. The predicted octanol–water partition coefficient (Wildman–Crippen LogP) is 6.54. The summed E-state index contributed by atoms with van der Waals surface area (Å²) in [7, 11) is 0. The van der Waals surface area contributed by atoms with Crippen LogP contribution < -0.4 is 0 Å². The molecule has 0 fully saturated rings. The zero-order valence-corrected chi connectivity index (χ0v) is 19.7. The fourth-order valence-electron chi connectivity index (χ4n) is 5.28. The highest BCUT2D eigenvalue weighted by atomic mass is 16.1. The Balaban J connectivity index is 1.52. The van der Waals surface area contributed by atoms with E-state index in [4.69, 9.17) is 4.98 Å². The molecule has 0 unspecified atom stereocenters. The summed E-state index contributed by atoms with van der Waals surface area (Å²) in [6.07, 6.45) is 7.01. The van der Waals surface area contributed by atoms with Gasteiger partial charge in [0.25, 0.3) is 0 Å². The van der Waals surface area contributed by atoms with Gasteiger partial charge >= 0.3 is 0 Å². The van der Waals surface area contributed by atoms with Crippen LogP contribution in [-0.4, -0.2) is 20.4 Å². The Hall–Kier alpha value is -4.70. The lowest BCUT2D eigenvalue weighted by molar-refractivity contribution is 0.112. The van der Waals surface area contributed by atoms with Crippen molar-refractivity contribution >= 4 is 17.2 Å². The second-order valence-corrected chi connectivity index (χ2v) is 8.92. The van der Waals surface area contributed by atoms with Crippen LogP contribution in [0.1, 0.15) is 32.7 Å². The van der Waals surface area contributed by atoms with Gasteiger partial charge in [-0.25, -0.2) is 4.98 Å². The van der Waals surface area contributed by atoms with Gasteiger partial charge in [0.2, 0.25) is 0 Å². The first kappa shape index (κ1) is 21.8. The number of aldehydes is 1. The standard InChI is InChI=1S/C32H25N3O/c36-23-25-11-10-18-31-30(25)19-20-34(31)21-29-22-35(24-33-29)32(26-12-4-1-5-13-26,27-14-6-2-7-15-27)28-16-8-3-9-17-28/h1-20,22-24H,21H2. The molecule has 0 saturated carbocycles. The molecule has 4 heteroatoms. The van der Waals surface area contributed by atoms with Gasteiger partial charge in [0.1, 0.15) is 5.54 Å². The fraction of sp³-hybridized carbons (Fsp3) is 0.0625. The van der Waals surface area contributed by atoms with Crippen molar-refractivity contribution in [1.29, 1.82) is 0 Å². The van der Waals surface area contributed by atoms with Crippen molar-refractivity contribution in [3.8, 4) is 0 Å². The van der Waals surface area contributed by atoms with Crippen LogP contribution in [0.4, 0.5) is 0 Å². The van der Waals surface area contributed by atoms with Crippen LogP contribution in [0.3, 0.4) is 0 Å². The monoisotopic (exact) mass is 467 g/mol. The highest BCUT2D eigenvalue weighted by Gasteiger charge is 2.38. The van der Waals surface area contributed by atoms with Gasteiger partial charge in [0, 0.05) is 28.9 Å². The summed E-state index contributed by atoms with van der Waals surface area (Å²) >= 11 is 0. The van der Waals surface area contributed by atoms with Crippen LogP contribution in [0.15, 0.2) is 134 Å². The molecule has 36 heavy (non-hydrogen) atoms. The van der Waals surface area contributed by atoms with Crippen molar-refractivity contribution in [2.24, 2.45) is 0 Å². The Morgan fingerprint density at radius 3 is 1.83 bits per heavy atom. The number of benzene rings is 4. The molecule has 0 aliphatic rings. The summed E-state index contributed by atoms with van der Waals surface area (Å²) < 4.78 is 4.37. The van der Waals surface area contributed by atoms with E-state index in [2.05, 4.69) is 88.1 Å². The number of imidazole rings is 1. The lowest BCUT2D eigenvalue weighted by Crippen LogP contribution is -2.36. The third-order valence-corrected chi connectivity index (χ3v) is 6.90. The van der Waals surface area contributed by atoms with Crippen LogP contribution in [0, 0.1) is 0 Å². The maximum atomic E-state index is 11.5. The summed E-state index contributed by atoms with van der Waals surface area (Å²) in [6.45, 7) is 0.604.